The molecule has 1 spiro atoms. The van der Waals surface area contributed by atoms with Gasteiger partial charge in [0.25, 0.3) is 0 Å². The molecule has 122 valence electrons. The van der Waals surface area contributed by atoms with Crippen molar-refractivity contribution in [1.82, 2.24) is 10.2 Å². The van der Waals surface area contributed by atoms with Crippen LogP contribution in [0.3, 0.4) is 0 Å². The average Bonchev–Trinajstić information content (AvgIpc) is 3.07. The van der Waals surface area contributed by atoms with E-state index in [1.165, 1.54) is 11.1 Å². The number of amides is 2. The summed E-state index contributed by atoms with van der Waals surface area (Å²) in [6.45, 7) is 2.02. The summed E-state index contributed by atoms with van der Waals surface area (Å²) in [6, 6.07) is 8.35. The third-order valence-electron chi connectivity index (χ3n) is 5.47. The number of hydrogen-bond acceptors (Lipinski definition) is 3. The van der Waals surface area contributed by atoms with E-state index in [1.54, 1.807) is 0 Å². The molecular weight excluding hydrogens is 292 g/mol. The molecule has 2 heterocycles. The minimum Gasteiger partial charge on any atom is -0.441 e. The van der Waals surface area contributed by atoms with Crippen LogP contribution in [0.5, 0.6) is 0 Å². The Morgan fingerprint density at radius 1 is 1.17 bits per heavy atom. The standard InChI is InChI=1S/C18H22N2O3/c21-16(15-10-13-4-1-2-5-14(13)11-15)20-8-3-6-18(7-9-20)12-19-17(22)23-18/h1-2,4-5,15H,3,6-12H2,(H,19,22). The van der Waals surface area contributed by atoms with Gasteiger partial charge in [-0.1, -0.05) is 24.3 Å². The van der Waals surface area contributed by atoms with Gasteiger partial charge in [-0.05, 0) is 36.8 Å². The highest BCUT2D eigenvalue weighted by Gasteiger charge is 2.42. The fourth-order valence-corrected chi connectivity index (χ4v) is 4.16. The number of nitrogens with one attached hydrogen (secondary N) is 1. The van der Waals surface area contributed by atoms with E-state index in [0.29, 0.717) is 13.1 Å². The molecule has 3 aliphatic rings. The molecule has 2 saturated heterocycles. The molecule has 2 amide bonds. The van der Waals surface area contributed by atoms with Crippen molar-refractivity contribution in [1.29, 1.82) is 0 Å². The Morgan fingerprint density at radius 3 is 2.57 bits per heavy atom. The fraction of sp³-hybridized carbons (Fsp3) is 0.556. The van der Waals surface area contributed by atoms with Gasteiger partial charge in [0.05, 0.1) is 6.54 Å². The van der Waals surface area contributed by atoms with Crippen molar-refractivity contribution in [3.8, 4) is 0 Å². The second kappa shape index (κ2) is 5.55. The van der Waals surface area contributed by atoms with Gasteiger partial charge in [0, 0.05) is 25.4 Å². The number of benzene rings is 1. The molecule has 0 radical (unpaired) electrons. The van der Waals surface area contributed by atoms with Gasteiger partial charge >= 0.3 is 6.09 Å². The lowest BCUT2D eigenvalue weighted by Gasteiger charge is -2.26. The molecule has 5 heteroatoms. The third kappa shape index (κ3) is 2.69. The van der Waals surface area contributed by atoms with E-state index in [-0.39, 0.29) is 17.9 Å². The SMILES string of the molecule is O=C1NCC2(CCCN(C(=O)C3Cc4ccccc4C3)CC2)O1. The molecule has 0 saturated carbocycles. The van der Waals surface area contributed by atoms with Crippen LogP contribution < -0.4 is 5.32 Å². The summed E-state index contributed by atoms with van der Waals surface area (Å²) < 4.78 is 5.49. The molecule has 5 nitrogen and oxygen atoms in total. The van der Waals surface area contributed by atoms with Crippen LogP contribution in [-0.2, 0) is 22.4 Å². The van der Waals surface area contributed by atoms with Crippen molar-refractivity contribution in [2.45, 2.75) is 37.7 Å². The van der Waals surface area contributed by atoms with Gasteiger partial charge in [-0.2, -0.15) is 0 Å². The minimum atomic E-state index is -0.398. The van der Waals surface area contributed by atoms with E-state index in [4.69, 9.17) is 4.74 Å². The molecule has 1 aromatic carbocycles. The number of hydrogen-bond donors (Lipinski definition) is 1. The number of fused-ring (bicyclic) bond motifs is 1. The van der Waals surface area contributed by atoms with Crippen LogP contribution in [0.2, 0.25) is 0 Å². The Labute approximate surface area is 136 Å². The maximum absolute atomic E-state index is 12.9. The van der Waals surface area contributed by atoms with Crippen LogP contribution in [0, 0.1) is 5.92 Å². The number of ether oxygens (including phenoxy) is 1. The minimum absolute atomic E-state index is 0.0747. The first-order chi connectivity index (χ1) is 11.2. The normalized spacial score (nSPS) is 27.5. The number of carbonyl (C=O) groups is 2. The van der Waals surface area contributed by atoms with Gasteiger partial charge in [0.15, 0.2) is 0 Å². The number of rotatable bonds is 1. The summed E-state index contributed by atoms with van der Waals surface area (Å²) in [6.07, 6.45) is 3.84. The molecule has 4 rings (SSSR count). The first kappa shape index (κ1) is 14.5. The molecule has 2 aliphatic heterocycles. The van der Waals surface area contributed by atoms with E-state index in [1.807, 2.05) is 17.0 Å². The summed E-state index contributed by atoms with van der Waals surface area (Å²) in [5.41, 5.74) is 2.22. The Bertz CT molecular complexity index is 620. The van der Waals surface area contributed by atoms with Crippen LogP contribution in [0.15, 0.2) is 24.3 Å². The fourth-order valence-electron chi connectivity index (χ4n) is 4.16. The van der Waals surface area contributed by atoms with Crippen molar-refractivity contribution in [3.05, 3.63) is 35.4 Å². The molecule has 1 atom stereocenters. The highest BCUT2D eigenvalue weighted by atomic mass is 16.6. The predicted molar refractivity (Wildman–Crippen MR) is 85.0 cm³/mol. The molecule has 0 aromatic heterocycles. The Balaban J connectivity index is 1.41. The van der Waals surface area contributed by atoms with Crippen LogP contribution in [0.1, 0.15) is 30.4 Å². The van der Waals surface area contributed by atoms with Crippen molar-refractivity contribution in [2.75, 3.05) is 19.6 Å². The maximum Gasteiger partial charge on any atom is 0.407 e. The largest absolute Gasteiger partial charge is 0.441 e. The lowest BCUT2D eigenvalue weighted by Crippen LogP contribution is -2.39. The summed E-state index contributed by atoms with van der Waals surface area (Å²) in [5.74, 6) is 0.334. The first-order valence-corrected chi connectivity index (χ1v) is 8.48. The van der Waals surface area contributed by atoms with Crippen LogP contribution in [0.4, 0.5) is 4.79 Å². The average molecular weight is 314 g/mol. The van der Waals surface area contributed by atoms with Gasteiger partial charge in [0.2, 0.25) is 5.91 Å². The molecule has 1 aliphatic carbocycles. The number of likely N-dealkylation sites (tertiary alicyclic amines) is 1. The number of nitrogens with zero attached hydrogens (tertiary/aromatic N) is 1. The van der Waals surface area contributed by atoms with Crippen LogP contribution in [0.25, 0.3) is 0 Å². The predicted octanol–water partition coefficient (Wildman–Crippen LogP) is 1.89. The smallest absolute Gasteiger partial charge is 0.407 e. The van der Waals surface area contributed by atoms with Crippen LogP contribution >= 0.6 is 0 Å². The van der Waals surface area contributed by atoms with Crippen molar-refractivity contribution in [3.63, 3.8) is 0 Å². The molecule has 23 heavy (non-hydrogen) atoms. The van der Waals surface area contributed by atoms with Crippen molar-refractivity contribution >= 4 is 12.0 Å². The molecule has 1 unspecified atom stereocenters. The topological polar surface area (TPSA) is 58.6 Å². The number of alkyl carbamates (subject to hydrolysis) is 1. The number of carbonyl (C=O) groups excluding carboxylic acids is 2. The van der Waals surface area contributed by atoms with Crippen LogP contribution in [-0.4, -0.2) is 42.1 Å². The van der Waals surface area contributed by atoms with Gasteiger partial charge in [-0.25, -0.2) is 4.79 Å². The van der Waals surface area contributed by atoms with Gasteiger partial charge in [-0.15, -0.1) is 0 Å². The molecule has 0 bridgehead atoms. The van der Waals surface area contributed by atoms with E-state index in [9.17, 15) is 9.59 Å². The lowest BCUT2D eigenvalue weighted by molar-refractivity contribution is -0.135. The monoisotopic (exact) mass is 314 g/mol. The van der Waals surface area contributed by atoms with E-state index in [2.05, 4.69) is 17.4 Å². The Kier molecular flexibility index (Phi) is 3.51. The molecule has 2 fully saturated rings. The van der Waals surface area contributed by atoms with Gasteiger partial charge in [0.1, 0.15) is 5.60 Å². The highest BCUT2D eigenvalue weighted by molar-refractivity contribution is 5.80. The Morgan fingerprint density at radius 2 is 1.91 bits per heavy atom. The van der Waals surface area contributed by atoms with Gasteiger partial charge < -0.3 is 15.0 Å². The van der Waals surface area contributed by atoms with E-state index >= 15 is 0 Å². The van der Waals surface area contributed by atoms with Gasteiger partial charge in [-0.3, -0.25) is 4.79 Å². The van der Waals surface area contributed by atoms with E-state index in [0.717, 1.165) is 38.6 Å². The summed E-state index contributed by atoms with van der Waals surface area (Å²) in [5, 5.41) is 2.75. The second-order valence-corrected chi connectivity index (χ2v) is 6.98. The molecule has 1 N–H and O–H groups in total. The molecule has 1 aromatic rings. The second-order valence-electron chi connectivity index (χ2n) is 6.98. The summed E-state index contributed by atoms with van der Waals surface area (Å²) in [7, 11) is 0. The lowest BCUT2D eigenvalue weighted by atomic mass is 9.95. The zero-order valence-corrected chi connectivity index (χ0v) is 13.2. The Hall–Kier alpha value is -2.04. The van der Waals surface area contributed by atoms with E-state index < -0.39 is 5.60 Å². The highest BCUT2D eigenvalue weighted by Crippen LogP contribution is 2.32. The summed E-state index contributed by atoms with van der Waals surface area (Å²) >= 11 is 0. The maximum atomic E-state index is 12.9. The quantitative estimate of drug-likeness (QED) is 0.861. The van der Waals surface area contributed by atoms with Crippen molar-refractivity contribution < 1.29 is 14.3 Å². The zero-order valence-electron chi connectivity index (χ0n) is 13.2. The van der Waals surface area contributed by atoms with Crippen molar-refractivity contribution in [2.24, 2.45) is 5.92 Å². The summed E-state index contributed by atoms with van der Waals surface area (Å²) in [4.78, 5) is 26.2. The molecular formula is C18H22N2O3. The first-order valence-electron chi connectivity index (χ1n) is 8.48. The zero-order chi connectivity index (χ0) is 15.9. The third-order valence-corrected chi connectivity index (χ3v) is 5.47.